The van der Waals surface area contributed by atoms with E-state index in [1.54, 1.807) is 36.5 Å². The molecule has 0 aliphatic carbocycles. The predicted octanol–water partition coefficient (Wildman–Crippen LogP) is 4.78. The van der Waals surface area contributed by atoms with Crippen molar-refractivity contribution in [2.45, 2.75) is 18.2 Å². The SMILES string of the molecule is C=CC=C(CC)c1ncc(Cl)cc1-c1ccc(S(C)(=O)=O)cc1. The second-order valence-electron chi connectivity index (χ2n) is 5.13. The molecule has 0 saturated heterocycles. The monoisotopic (exact) mass is 347 g/mol. The van der Waals surface area contributed by atoms with E-state index in [0.717, 1.165) is 28.8 Å². The highest BCUT2D eigenvalue weighted by atomic mass is 35.5. The third kappa shape index (κ3) is 4.09. The minimum absolute atomic E-state index is 0.287. The number of nitrogens with zero attached hydrogens (tertiary/aromatic N) is 1. The zero-order valence-corrected chi connectivity index (χ0v) is 14.7. The highest BCUT2D eigenvalue weighted by Gasteiger charge is 2.12. The summed E-state index contributed by atoms with van der Waals surface area (Å²) < 4.78 is 23.2. The standard InChI is InChI=1S/C18H18ClNO2S/c1-4-6-13(5-2)18-17(11-15(19)12-20-18)14-7-9-16(10-8-14)23(3,21)22/h4,6-12H,1,5H2,2-3H3. The number of sulfone groups is 1. The lowest BCUT2D eigenvalue weighted by Crippen LogP contribution is -1.97. The summed E-state index contributed by atoms with van der Waals surface area (Å²) >= 11 is 6.10. The van der Waals surface area contributed by atoms with Gasteiger partial charge in [0.1, 0.15) is 0 Å². The third-order valence-corrected chi connectivity index (χ3v) is 4.79. The maximum Gasteiger partial charge on any atom is 0.175 e. The minimum Gasteiger partial charge on any atom is -0.254 e. The molecular formula is C18H18ClNO2S. The zero-order valence-electron chi connectivity index (χ0n) is 13.1. The van der Waals surface area contributed by atoms with Crippen LogP contribution in [0.4, 0.5) is 0 Å². The first kappa shape index (κ1) is 17.4. The molecule has 1 heterocycles. The van der Waals surface area contributed by atoms with Crippen molar-refractivity contribution in [3.05, 3.63) is 66.0 Å². The molecule has 5 heteroatoms. The Labute approximate surface area is 142 Å². The predicted molar refractivity (Wildman–Crippen MR) is 96.3 cm³/mol. The largest absolute Gasteiger partial charge is 0.254 e. The van der Waals surface area contributed by atoms with Crippen molar-refractivity contribution < 1.29 is 8.42 Å². The average molecular weight is 348 g/mol. The van der Waals surface area contributed by atoms with Gasteiger partial charge in [-0.2, -0.15) is 0 Å². The molecule has 0 fully saturated rings. The molecule has 2 rings (SSSR count). The van der Waals surface area contributed by atoms with Gasteiger partial charge in [-0.05, 0) is 35.8 Å². The van der Waals surface area contributed by atoms with Gasteiger partial charge in [-0.15, -0.1) is 0 Å². The van der Waals surface area contributed by atoms with Gasteiger partial charge in [0.15, 0.2) is 9.84 Å². The average Bonchev–Trinajstić information content (AvgIpc) is 2.52. The normalized spacial score (nSPS) is 12.2. The van der Waals surface area contributed by atoms with Crippen LogP contribution in [0.1, 0.15) is 19.0 Å². The van der Waals surface area contributed by atoms with Gasteiger partial charge >= 0.3 is 0 Å². The zero-order chi connectivity index (χ0) is 17.0. The lowest BCUT2D eigenvalue weighted by molar-refractivity contribution is 0.602. The van der Waals surface area contributed by atoms with Crippen LogP contribution < -0.4 is 0 Å². The van der Waals surface area contributed by atoms with Crippen LogP contribution in [0.25, 0.3) is 16.7 Å². The van der Waals surface area contributed by atoms with E-state index in [-0.39, 0.29) is 4.90 Å². The van der Waals surface area contributed by atoms with Crippen molar-refractivity contribution in [2.24, 2.45) is 0 Å². The maximum absolute atomic E-state index is 11.6. The fourth-order valence-corrected chi connectivity index (χ4v) is 3.09. The molecule has 1 aromatic carbocycles. The van der Waals surface area contributed by atoms with Gasteiger partial charge in [-0.1, -0.05) is 49.4 Å². The number of benzene rings is 1. The molecule has 0 amide bonds. The van der Waals surface area contributed by atoms with Crippen LogP contribution in [0.2, 0.25) is 5.02 Å². The van der Waals surface area contributed by atoms with E-state index in [2.05, 4.69) is 11.6 Å². The fourth-order valence-electron chi connectivity index (χ4n) is 2.30. The summed E-state index contributed by atoms with van der Waals surface area (Å²) in [5, 5.41) is 0.532. The molecule has 2 aromatic rings. The summed E-state index contributed by atoms with van der Waals surface area (Å²) in [7, 11) is -3.22. The molecular weight excluding hydrogens is 330 g/mol. The smallest absolute Gasteiger partial charge is 0.175 e. The van der Waals surface area contributed by atoms with Gasteiger partial charge < -0.3 is 0 Å². The van der Waals surface area contributed by atoms with Crippen LogP contribution >= 0.6 is 11.6 Å². The first-order chi connectivity index (χ1) is 10.9. The molecule has 1 aromatic heterocycles. The number of hydrogen-bond donors (Lipinski definition) is 0. The molecule has 0 aliphatic rings. The number of hydrogen-bond acceptors (Lipinski definition) is 3. The van der Waals surface area contributed by atoms with Crippen molar-refractivity contribution >= 4 is 27.0 Å². The van der Waals surface area contributed by atoms with E-state index in [0.29, 0.717) is 5.02 Å². The summed E-state index contributed by atoms with van der Waals surface area (Å²) in [6.07, 6.45) is 7.25. The molecule has 23 heavy (non-hydrogen) atoms. The van der Waals surface area contributed by atoms with E-state index >= 15 is 0 Å². The van der Waals surface area contributed by atoms with Gasteiger partial charge in [0.25, 0.3) is 0 Å². The topological polar surface area (TPSA) is 47.0 Å². The quantitative estimate of drug-likeness (QED) is 0.731. The van der Waals surface area contributed by atoms with Crippen LogP contribution in [-0.4, -0.2) is 19.7 Å². The molecule has 0 unspecified atom stereocenters. The second-order valence-corrected chi connectivity index (χ2v) is 7.58. The molecule has 3 nitrogen and oxygen atoms in total. The first-order valence-corrected chi connectivity index (χ1v) is 9.41. The van der Waals surface area contributed by atoms with Gasteiger partial charge in [-0.3, -0.25) is 4.98 Å². The first-order valence-electron chi connectivity index (χ1n) is 7.14. The van der Waals surface area contributed by atoms with Crippen LogP contribution in [0, 0.1) is 0 Å². The summed E-state index contributed by atoms with van der Waals surface area (Å²) in [5.41, 5.74) is 3.60. The molecule has 0 saturated carbocycles. The molecule has 0 spiro atoms. The third-order valence-electron chi connectivity index (χ3n) is 3.45. The van der Waals surface area contributed by atoms with Crippen LogP contribution in [-0.2, 0) is 9.84 Å². The van der Waals surface area contributed by atoms with Gasteiger partial charge in [0.05, 0.1) is 15.6 Å². The number of pyridine rings is 1. The summed E-state index contributed by atoms with van der Waals surface area (Å²) in [5.74, 6) is 0. The van der Waals surface area contributed by atoms with Gasteiger partial charge in [-0.25, -0.2) is 8.42 Å². The van der Waals surface area contributed by atoms with Crippen molar-refractivity contribution in [2.75, 3.05) is 6.26 Å². The van der Waals surface area contributed by atoms with E-state index < -0.39 is 9.84 Å². The van der Waals surface area contributed by atoms with E-state index in [9.17, 15) is 8.42 Å². The van der Waals surface area contributed by atoms with Gasteiger partial charge in [0.2, 0.25) is 0 Å². The molecule has 0 bridgehead atoms. The Bertz CT molecular complexity index is 853. The molecule has 0 N–H and O–H groups in total. The Morgan fingerprint density at radius 1 is 1.30 bits per heavy atom. The van der Waals surface area contributed by atoms with Crippen LogP contribution in [0.3, 0.4) is 0 Å². The fraction of sp³-hybridized carbons (Fsp3) is 0.167. The lowest BCUT2D eigenvalue weighted by Gasteiger charge is -2.12. The number of allylic oxidation sites excluding steroid dienone is 3. The summed E-state index contributed by atoms with van der Waals surface area (Å²) in [4.78, 5) is 4.74. The Kier molecular flexibility index (Phi) is 5.39. The molecule has 0 radical (unpaired) electrons. The Hall–Kier alpha value is -1.91. The Balaban J connectivity index is 2.61. The molecule has 0 aliphatic heterocycles. The summed E-state index contributed by atoms with van der Waals surface area (Å²) in [6.45, 7) is 5.78. The molecule has 120 valence electrons. The highest BCUT2D eigenvalue weighted by molar-refractivity contribution is 7.90. The van der Waals surface area contributed by atoms with Crippen molar-refractivity contribution in [1.29, 1.82) is 0 Å². The van der Waals surface area contributed by atoms with Crippen LogP contribution in [0.15, 0.2) is 60.2 Å². The Morgan fingerprint density at radius 2 is 1.96 bits per heavy atom. The second kappa shape index (κ2) is 7.11. The highest BCUT2D eigenvalue weighted by Crippen LogP contribution is 2.31. The molecule has 0 atom stereocenters. The van der Waals surface area contributed by atoms with Crippen LogP contribution in [0.5, 0.6) is 0 Å². The maximum atomic E-state index is 11.6. The minimum atomic E-state index is -3.22. The number of halogens is 1. The van der Waals surface area contributed by atoms with Crippen molar-refractivity contribution in [3.63, 3.8) is 0 Å². The Morgan fingerprint density at radius 3 is 2.48 bits per heavy atom. The summed E-state index contributed by atoms with van der Waals surface area (Å²) in [6, 6.07) is 8.57. The lowest BCUT2D eigenvalue weighted by atomic mass is 9.98. The van der Waals surface area contributed by atoms with Crippen molar-refractivity contribution in [1.82, 2.24) is 4.98 Å². The van der Waals surface area contributed by atoms with Crippen molar-refractivity contribution in [3.8, 4) is 11.1 Å². The van der Waals surface area contributed by atoms with E-state index in [1.165, 1.54) is 6.26 Å². The number of rotatable bonds is 5. The van der Waals surface area contributed by atoms with Gasteiger partial charge in [0, 0.05) is 18.0 Å². The number of aromatic nitrogens is 1. The van der Waals surface area contributed by atoms with E-state index in [1.807, 2.05) is 19.1 Å². The van der Waals surface area contributed by atoms with E-state index in [4.69, 9.17) is 11.6 Å².